The van der Waals surface area contributed by atoms with E-state index in [-0.39, 0.29) is 34.2 Å². The van der Waals surface area contributed by atoms with Gasteiger partial charge in [-0.05, 0) is 36.8 Å². The van der Waals surface area contributed by atoms with E-state index in [2.05, 4.69) is 27.6 Å². The fraction of sp³-hybridized carbons (Fsp3) is 0.435. The van der Waals surface area contributed by atoms with Gasteiger partial charge in [-0.15, -0.1) is 0 Å². The van der Waals surface area contributed by atoms with Crippen LogP contribution in [0, 0.1) is 12.3 Å². The molecular formula is C23H28N6O4. The molecule has 1 aromatic carbocycles. The number of aromatic nitrogens is 3. The molecule has 0 saturated heterocycles. The molecule has 1 saturated carbocycles. The molecule has 4 rings (SSSR count). The van der Waals surface area contributed by atoms with Crippen molar-refractivity contribution < 1.29 is 9.90 Å². The molecule has 0 aliphatic heterocycles. The Morgan fingerprint density at radius 2 is 1.91 bits per heavy atom. The Labute approximate surface area is 190 Å². The summed E-state index contributed by atoms with van der Waals surface area (Å²) in [4.78, 5) is 42.5. The molecule has 33 heavy (non-hydrogen) atoms. The van der Waals surface area contributed by atoms with E-state index in [0.717, 1.165) is 30.5 Å². The summed E-state index contributed by atoms with van der Waals surface area (Å²) in [5, 5.41) is 21.3. The first-order chi connectivity index (χ1) is 15.5. The van der Waals surface area contributed by atoms with Crippen LogP contribution in [-0.4, -0.2) is 44.8 Å². The summed E-state index contributed by atoms with van der Waals surface area (Å²) >= 11 is 0. The molecule has 1 amide bonds. The monoisotopic (exact) mass is 452 g/mol. The van der Waals surface area contributed by atoms with Crippen LogP contribution in [0.5, 0.6) is 5.75 Å². The van der Waals surface area contributed by atoms with Gasteiger partial charge in [-0.3, -0.25) is 19.1 Å². The maximum Gasteiger partial charge on any atom is 0.275 e. The van der Waals surface area contributed by atoms with E-state index >= 15 is 0 Å². The lowest BCUT2D eigenvalue weighted by atomic mass is 9.64. The van der Waals surface area contributed by atoms with Gasteiger partial charge in [0.25, 0.3) is 16.8 Å². The Hall–Kier alpha value is -3.69. The minimum atomic E-state index is -0.690. The van der Waals surface area contributed by atoms with Gasteiger partial charge in [0.2, 0.25) is 0 Å². The van der Waals surface area contributed by atoms with Crippen LogP contribution < -0.4 is 21.5 Å². The van der Waals surface area contributed by atoms with Gasteiger partial charge in [0.05, 0.1) is 17.4 Å². The highest BCUT2D eigenvalue weighted by molar-refractivity contribution is 5.97. The highest BCUT2D eigenvalue weighted by atomic mass is 16.3. The van der Waals surface area contributed by atoms with Gasteiger partial charge >= 0.3 is 0 Å². The van der Waals surface area contributed by atoms with Crippen molar-refractivity contribution >= 4 is 23.0 Å². The third-order valence-corrected chi connectivity index (χ3v) is 6.51. The molecule has 1 aliphatic rings. The summed E-state index contributed by atoms with van der Waals surface area (Å²) < 4.78 is 1.74. The number of carbonyl (C=O) groups excluding carboxylic acids is 1. The molecule has 2 heterocycles. The van der Waals surface area contributed by atoms with Crippen LogP contribution in [0.15, 0.2) is 28.0 Å². The van der Waals surface area contributed by atoms with Crippen molar-refractivity contribution in [3.8, 4) is 5.75 Å². The van der Waals surface area contributed by atoms with E-state index in [0.29, 0.717) is 0 Å². The molecule has 0 radical (unpaired) electrons. The summed E-state index contributed by atoms with van der Waals surface area (Å²) in [6.45, 7) is 4.12. The fourth-order valence-electron chi connectivity index (χ4n) is 4.36. The predicted molar refractivity (Wildman–Crippen MR) is 125 cm³/mol. The number of carbonyl (C=O) groups is 1. The largest absolute Gasteiger partial charge is 0.504 e. The maximum absolute atomic E-state index is 12.5. The molecule has 3 aromatic rings. The SMILES string of the molecule is Cc1cn(C)nc1[C@H](Nc1c(Nc2ccnc(C(=O)N(C)C)c2O)c(=O)c1=O)C1(C)CCC1. The predicted octanol–water partition coefficient (Wildman–Crippen LogP) is 2.21. The van der Waals surface area contributed by atoms with E-state index in [1.807, 2.05) is 20.2 Å². The molecule has 2 aromatic heterocycles. The van der Waals surface area contributed by atoms with Crippen molar-refractivity contribution in [3.05, 3.63) is 55.9 Å². The molecule has 174 valence electrons. The van der Waals surface area contributed by atoms with Gasteiger partial charge in [-0.25, -0.2) is 4.98 Å². The van der Waals surface area contributed by atoms with Crippen molar-refractivity contribution in [3.63, 3.8) is 0 Å². The first kappa shape index (κ1) is 22.5. The smallest absolute Gasteiger partial charge is 0.275 e. The zero-order valence-electron chi connectivity index (χ0n) is 19.4. The van der Waals surface area contributed by atoms with Crippen molar-refractivity contribution in [1.29, 1.82) is 0 Å². The number of aromatic hydroxyl groups is 1. The van der Waals surface area contributed by atoms with Crippen LogP contribution in [0.25, 0.3) is 0 Å². The van der Waals surface area contributed by atoms with Crippen LogP contribution in [-0.2, 0) is 7.05 Å². The quantitative estimate of drug-likeness (QED) is 0.465. The maximum atomic E-state index is 12.5. The Bertz CT molecular complexity index is 1300. The lowest BCUT2D eigenvalue weighted by Crippen LogP contribution is -2.43. The van der Waals surface area contributed by atoms with E-state index in [1.54, 1.807) is 18.8 Å². The van der Waals surface area contributed by atoms with Crippen LogP contribution >= 0.6 is 0 Å². The number of anilines is 3. The average Bonchev–Trinajstić information content (AvgIpc) is 3.09. The number of rotatable bonds is 7. The Kier molecular flexibility index (Phi) is 5.47. The molecule has 3 N–H and O–H groups in total. The highest BCUT2D eigenvalue weighted by Crippen LogP contribution is 2.51. The topological polar surface area (TPSA) is 129 Å². The molecular weight excluding hydrogens is 424 g/mol. The minimum Gasteiger partial charge on any atom is -0.504 e. The zero-order chi connectivity index (χ0) is 24.1. The number of aryl methyl sites for hydroxylation is 2. The number of hydrogen-bond donors (Lipinski definition) is 3. The molecule has 10 nitrogen and oxygen atoms in total. The van der Waals surface area contributed by atoms with Crippen LogP contribution in [0.1, 0.15) is 54.0 Å². The van der Waals surface area contributed by atoms with Gasteiger partial charge in [0, 0.05) is 33.5 Å². The van der Waals surface area contributed by atoms with E-state index < -0.39 is 22.5 Å². The van der Waals surface area contributed by atoms with E-state index in [9.17, 15) is 19.5 Å². The Balaban J connectivity index is 1.69. The summed E-state index contributed by atoms with van der Waals surface area (Å²) in [6.07, 6.45) is 6.31. The van der Waals surface area contributed by atoms with E-state index in [1.165, 1.54) is 17.2 Å². The van der Waals surface area contributed by atoms with Gasteiger partial charge in [-0.1, -0.05) is 13.3 Å². The summed E-state index contributed by atoms with van der Waals surface area (Å²) in [5.74, 6) is -0.874. The molecule has 0 bridgehead atoms. The summed E-state index contributed by atoms with van der Waals surface area (Å²) in [6, 6.07) is 1.18. The highest BCUT2D eigenvalue weighted by Gasteiger charge is 2.43. The zero-order valence-corrected chi connectivity index (χ0v) is 19.4. The van der Waals surface area contributed by atoms with Crippen molar-refractivity contribution in [2.24, 2.45) is 12.5 Å². The van der Waals surface area contributed by atoms with E-state index in [4.69, 9.17) is 0 Å². The normalized spacial score (nSPS) is 15.7. The first-order valence-corrected chi connectivity index (χ1v) is 10.8. The second kappa shape index (κ2) is 8.02. The fourth-order valence-corrected chi connectivity index (χ4v) is 4.36. The van der Waals surface area contributed by atoms with Crippen LogP contribution in [0.2, 0.25) is 0 Å². The van der Waals surface area contributed by atoms with Gasteiger partial charge < -0.3 is 20.6 Å². The standard InChI is InChI=1S/C23H28N6O4/c1-12-11-29(5)27-14(12)21(23(2)8-6-9-23)26-16-15(19(31)20(16)32)25-13-7-10-24-17(18(13)30)22(33)28(3)4/h7,10-11,21,26,30H,6,8-9H2,1-5H3,(H,24,25)/t21-/m0/s1. The molecule has 10 heteroatoms. The number of hydrogen-bond acceptors (Lipinski definition) is 8. The second-order valence-electron chi connectivity index (χ2n) is 9.24. The number of pyridine rings is 1. The molecule has 0 unspecified atom stereocenters. The average molecular weight is 453 g/mol. The third-order valence-electron chi connectivity index (χ3n) is 6.51. The van der Waals surface area contributed by atoms with Gasteiger partial charge in [0.15, 0.2) is 11.4 Å². The number of amides is 1. The first-order valence-electron chi connectivity index (χ1n) is 10.8. The molecule has 1 fully saturated rings. The van der Waals surface area contributed by atoms with Crippen molar-refractivity contribution in [2.75, 3.05) is 24.7 Å². The van der Waals surface area contributed by atoms with Gasteiger partial charge in [0.1, 0.15) is 11.4 Å². The Morgan fingerprint density at radius 3 is 2.45 bits per heavy atom. The lowest BCUT2D eigenvalue weighted by molar-refractivity contribution is 0.0819. The molecule has 0 spiro atoms. The molecule has 1 aliphatic carbocycles. The van der Waals surface area contributed by atoms with Gasteiger partial charge in [-0.2, -0.15) is 5.10 Å². The number of nitrogens with one attached hydrogen (secondary N) is 2. The summed E-state index contributed by atoms with van der Waals surface area (Å²) in [7, 11) is 4.94. The minimum absolute atomic E-state index is 0.0475. The summed E-state index contributed by atoms with van der Waals surface area (Å²) in [5.41, 5.74) is 0.570. The van der Waals surface area contributed by atoms with Crippen LogP contribution in [0.4, 0.5) is 17.1 Å². The molecule has 1 atom stereocenters. The van der Waals surface area contributed by atoms with Crippen molar-refractivity contribution in [2.45, 2.75) is 39.2 Å². The number of nitrogens with zero attached hydrogens (tertiary/aromatic N) is 4. The third kappa shape index (κ3) is 3.75. The van der Waals surface area contributed by atoms with Crippen LogP contribution in [0.3, 0.4) is 0 Å². The lowest BCUT2D eigenvalue weighted by Gasteiger charge is -2.45. The second-order valence-corrected chi connectivity index (χ2v) is 9.24. The Morgan fingerprint density at radius 1 is 1.24 bits per heavy atom. The van der Waals surface area contributed by atoms with Crippen molar-refractivity contribution in [1.82, 2.24) is 19.7 Å².